The largest absolute Gasteiger partial charge is 0.469 e. The van der Waals surface area contributed by atoms with E-state index in [0.717, 1.165) is 17.2 Å². The van der Waals surface area contributed by atoms with Crippen molar-refractivity contribution in [2.75, 3.05) is 0 Å². The van der Waals surface area contributed by atoms with Crippen LogP contribution in [-0.2, 0) is 6.42 Å². The molecule has 0 aliphatic rings. The van der Waals surface area contributed by atoms with Gasteiger partial charge in [0.2, 0.25) is 0 Å². The molecule has 0 saturated heterocycles. The molecule has 16 heavy (non-hydrogen) atoms. The van der Waals surface area contributed by atoms with Crippen LogP contribution in [0.3, 0.4) is 0 Å². The molecular formula is C12H16N2OS. The molecule has 0 aliphatic carbocycles. The Hall–Kier alpha value is -1.13. The normalized spacial score (nSPS) is 14.9. The highest BCUT2D eigenvalue weighted by Gasteiger charge is 2.12. The van der Waals surface area contributed by atoms with Crippen molar-refractivity contribution in [3.05, 3.63) is 40.7 Å². The Kier molecular flexibility index (Phi) is 3.74. The van der Waals surface area contributed by atoms with Gasteiger partial charge in [-0.2, -0.15) is 0 Å². The fraction of sp³-hybridized carbons (Fsp3) is 0.417. The predicted octanol–water partition coefficient (Wildman–Crippen LogP) is 3.02. The molecule has 4 heteroatoms. The lowest BCUT2D eigenvalue weighted by Crippen LogP contribution is -2.30. The van der Waals surface area contributed by atoms with E-state index < -0.39 is 0 Å². The number of hydrogen-bond donors (Lipinski definition) is 1. The van der Waals surface area contributed by atoms with Crippen molar-refractivity contribution in [1.29, 1.82) is 0 Å². The lowest BCUT2D eigenvalue weighted by molar-refractivity contribution is 0.428. The Morgan fingerprint density at radius 3 is 3.00 bits per heavy atom. The molecule has 2 unspecified atom stereocenters. The molecule has 2 aromatic heterocycles. The van der Waals surface area contributed by atoms with Gasteiger partial charge in [0.05, 0.1) is 12.3 Å². The van der Waals surface area contributed by atoms with Crippen LogP contribution in [0.1, 0.15) is 30.7 Å². The van der Waals surface area contributed by atoms with Crippen molar-refractivity contribution < 1.29 is 4.42 Å². The maximum Gasteiger partial charge on any atom is 0.109 e. The molecule has 2 aromatic rings. The number of thiazole rings is 1. The molecular weight excluding hydrogens is 220 g/mol. The van der Waals surface area contributed by atoms with Crippen molar-refractivity contribution in [1.82, 2.24) is 10.3 Å². The second-order valence-corrected chi connectivity index (χ2v) is 4.87. The highest BCUT2D eigenvalue weighted by Crippen LogP contribution is 2.16. The first kappa shape index (κ1) is 11.4. The Morgan fingerprint density at radius 2 is 2.38 bits per heavy atom. The van der Waals surface area contributed by atoms with Crippen molar-refractivity contribution >= 4 is 11.3 Å². The van der Waals surface area contributed by atoms with Crippen LogP contribution in [0.4, 0.5) is 0 Å². The Balaban J connectivity index is 1.85. The van der Waals surface area contributed by atoms with E-state index in [2.05, 4.69) is 24.1 Å². The molecule has 0 bridgehead atoms. The molecule has 0 aliphatic heterocycles. The minimum Gasteiger partial charge on any atom is -0.469 e. The maximum absolute atomic E-state index is 5.32. The van der Waals surface area contributed by atoms with Gasteiger partial charge in [-0.25, -0.2) is 4.98 Å². The van der Waals surface area contributed by atoms with Gasteiger partial charge in [0.15, 0.2) is 0 Å². The average Bonchev–Trinajstić information content (AvgIpc) is 2.88. The molecule has 1 N–H and O–H groups in total. The number of nitrogens with zero attached hydrogens (tertiary/aromatic N) is 1. The minimum atomic E-state index is 0.296. The smallest absolute Gasteiger partial charge is 0.109 e. The zero-order valence-corrected chi connectivity index (χ0v) is 10.3. The quantitative estimate of drug-likeness (QED) is 0.867. The molecule has 2 rings (SSSR count). The topological polar surface area (TPSA) is 38.1 Å². The van der Waals surface area contributed by atoms with Crippen molar-refractivity contribution in [3.8, 4) is 0 Å². The van der Waals surface area contributed by atoms with E-state index in [0.29, 0.717) is 12.1 Å². The highest BCUT2D eigenvalue weighted by molar-refractivity contribution is 7.09. The molecule has 0 spiro atoms. The monoisotopic (exact) mass is 236 g/mol. The molecule has 0 fully saturated rings. The summed E-state index contributed by atoms with van der Waals surface area (Å²) in [5, 5.41) is 6.64. The van der Waals surface area contributed by atoms with Crippen molar-refractivity contribution in [2.45, 2.75) is 32.4 Å². The SMILES string of the molecule is CC(Cc1ccco1)NC(C)c1nccs1. The van der Waals surface area contributed by atoms with Crippen LogP contribution in [0.2, 0.25) is 0 Å². The predicted molar refractivity (Wildman–Crippen MR) is 65.5 cm³/mol. The molecule has 0 radical (unpaired) electrons. The van der Waals surface area contributed by atoms with Gasteiger partial charge in [-0.3, -0.25) is 0 Å². The first-order chi connectivity index (χ1) is 7.75. The third-order valence-electron chi connectivity index (χ3n) is 2.44. The minimum absolute atomic E-state index is 0.296. The first-order valence-corrected chi connectivity index (χ1v) is 6.31. The summed E-state index contributed by atoms with van der Waals surface area (Å²) in [6.45, 7) is 4.30. The van der Waals surface area contributed by atoms with Gasteiger partial charge in [0, 0.05) is 24.0 Å². The van der Waals surface area contributed by atoms with Crippen LogP contribution in [-0.4, -0.2) is 11.0 Å². The van der Waals surface area contributed by atoms with Crippen molar-refractivity contribution in [2.24, 2.45) is 0 Å². The Bertz CT molecular complexity index is 397. The maximum atomic E-state index is 5.32. The van der Waals surface area contributed by atoms with Crippen LogP contribution in [0.25, 0.3) is 0 Å². The van der Waals surface area contributed by atoms with E-state index in [-0.39, 0.29) is 0 Å². The Morgan fingerprint density at radius 1 is 1.50 bits per heavy atom. The van der Waals surface area contributed by atoms with Crippen LogP contribution in [0.15, 0.2) is 34.4 Å². The summed E-state index contributed by atoms with van der Waals surface area (Å²) >= 11 is 1.68. The van der Waals surface area contributed by atoms with Gasteiger partial charge in [-0.05, 0) is 26.0 Å². The van der Waals surface area contributed by atoms with E-state index in [1.165, 1.54) is 0 Å². The zero-order valence-electron chi connectivity index (χ0n) is 9.51. The van der Waals surface area contributed by atoms with E-state index in [1.54, 1.807) is 17.6 Å². The van der Waals surface area contributed by atoms with Crippen molar-refractivity contribution in [3.63, 3.8) is 0 Å². The number of furan rings is 1. The van der Waals surface area contributed by atoms with E-state index in [9.17, 15) is 0 Å². The first-order valence-electron chi connectivity index (χ1n) is 5.43. The van der Waals surface area contributed by atoms with Crippen LogP contribution < -0.4 is 5.32 Å². The van der Waals surface area contributed by atoms with Gasteiger partial charge in [0.1, 0.15) is 10.8 Å². The third kappa shape index (κ3) is 2.93. The lowest BCUT2D eigenvalue weighted by atomic mass is 10.2. The van der Waals surface area contributed by atoms with E-state index >= 15 is 0 Å². The summed E-state index contributed by atoms with van der Waals surface area (Å²) < 4.78 is 5.32. The molecule has 0 aromatic carbocycles. The Labute approximate surface area is 99.5 Å². The summed E-state index contributed by atoms with van der Waals surface area (Å²) in [7, 11) is 0. The number of nitrogens with one attached hydrogen (secondary N) is 1. The summed E-state index contributed by atoms with van der Waals surface area (Å²) in [6, 6.07) is 4.61. The summed E-state index contributed by atoms with van der Waals surface area (Å²) in [4.78, 5) is 4.30. The fourth-order valence-electron chi connectivity index (χ4n) is 1.74. The second-order valence-electron chi connectivity index (χ2n) is 3.94. The van der Waals surface area contributed by atoms with Gasteiger partial charge < -0.3 is 9.73 Å². The molecule has 0 amide bonds. The molecule has 86 valence electrons. The van der Waals surface area contributed by atoms with E-state index in [1.807, 2.05) is 23.7 Å². The van der Waals surface area contributed by atoms with Gasteiger partial charge in [0.25, 0.3) is 0 Å². The fourth-order valence-corrected chi connectivity index (χ4v) is 2.39. The van der Waals surface area contributed by atoms with Gasteiger partial charge in [-0.15, -0.1) is 11.3 Å². The molecule has 2 atom stereocenters. The summed E-state index contributed by atoms with van der Waals surface area (Å²) in [5.74, 6) is 1.02. The lowest BCUT2D eigenvalue weighted by Gasteiger charge is -2.17. The van der Waals surface area contributed by atoms with Gasteiger partial charge in [-0.1, -0.05) is 0 Å². The van der Waals surface area contributed by atoms with Gasteiger partial charge >= 0.3 is 0 Å². The summed E-state index contributed by atoms with van der Waals surface area (Å²) in [6.07, 6.45) is 4.46. The number of aromatic nitrogens is 1. The third-order valence-corrected chi connectivity index (χ3v) is 3.40. The van der Waals surface area contributed by atoms with E-state index in [4.69, 9.17) is 4.42 Å². The van der Waals surface area contributed by atoms with Crippen LogP contribution >= 0.6 is 11.3 Å². The molecule has 3 nitrogen and oxygen atoms in total. The van der Waals surface area contributed by atoms with Crippen LogP contribution in [0.5, 0.6) is 0 Å². The standard InChI is InChI=1S/C12H16N2OS/c1-9(8-11-4-3-6-15-11)14-10(2)12-13-5-7-16-12/h3-7,9-10,14H,8H2,1-2H3. The van der Waals surface area contributed by atoms with Crippen LogP contribution in [0, 0.1) is 0 Å². The second kappa shape index (κ2) is 5.27. The average molecular weight is 236 g/mol. The number of hydrogen-bond acceptors (Lipinski definition) is 4. The molecule has 0 saturated carbocycles. The highest BCUT2D eigenvalue weighted by atomic mass is 32.1. The summed E-state index contributed by atoms with van der Waals surface area (Å²) in [5.41, 5.74) is 0. The number of rotatable bonds is 5. The molecule has 2 heterocycles. The zero-order chi connectivity index (χ0) is 11.4.